The molecule has 2 heteroatoms. The zero-order valence-electron chi connectivity index (χ0n) is 15.7. The Morgan fingerprint density at radius 1 is 1.05 bits per heavy atom. The van der Waals surface area contributed by atoms with E-state index in [-0.39, 0.29) is 17.0 Å². The van der Waals surface area contributed by atoms with Crippen molar-refractivity contribution in [2.75, 3.05) is 0 Å². The summed E-state index contributed by atoms with van der Waals surface area (Å²) in [4.78, 5) is 12.8. The number of carbonyl (C=O) groups is 1. The number of ketones is 1. The summed E-state index contributed by atoms with van der Waals surface area (Å²) in [5, 5.41) is 3.61. The summed E-state index contributed by atoms with van der Waals surface area (Å²) >= 11 is 0. The Morgan fingerprint density at radius 2 is 1.59 bits per heavy atom. The third-order valence-corrected chi connectivity index (χ3v) is 5.81. The summed E-state index contributed by atoms with van der Waals surface area (Å²) < 4.78 is 0. The molecule has 2 saturated carbocycles. The van der Waals surface area contributed by atoms with Crippen LogP contribution in [0.4, 0.5) is 0 Å². The van der Waals surface area contributed by atoms with Gasteiger partial charge in [0.25, 0.3) is 0 Å². The van der Waals surface area contributed by atoms with Gasteiger partial charge in [-0.25, -0.2) is 0 Å². The van der Waals surface area contributed by atoms with Crippen LogP contribution in [-0.2, 0) is 4.79 Å². The molecule has 1 atom stereocenters. The molecule has 2 fully saturated rings. The first-order valence-corrected chi connectivity index (χ1v) is 9.33. The summed E-state index contributed by atoms with van der Waals surface area (Å²) in [5.74, 6) is 1.11. The number of rotatable bonds is 4. The van der Waals surface area contributed by atoms with Crippen molar-refractivity contribution in [3.8, 4) is 0 Å². The third kappa shape index (κ3) is 4.57. The number of Topliss-reactive ketones (excluding diaryl/α,β-unsaturated/α-hetero) is 1. The number of carbonyl (C=O) groups excluding carboxylic acids is 1. The van der Waals surface area contributed by atoms with Gasteiger partial charge in [-0.1, -0.05) is 27.2 Å². The first-order chi connectivity index (χ1) is 10.0. The van der Waals surface area contributed by atoms with E-state index in [1.807, 2.05) is 0 Å². The second-order valence-electron chi connectivity index (χ2n) is 10.1. The Hall–Kier alpha value is -0.370. The second kappa shape index (κ2) is 6.26. The molecule has 0 heterocycles. The van der Waals surface area contributed by atoms with Crippen molar-refractivity contribution in [3.05, 3.63) is 0 Å². The Morgan fingerprint density at radius 3 is 1.95 bits per heavy atom. The molecule has 2 aliphatic rings. The van der Waals surface area contributed by atoms with Crippen LogP contribution in [0.25, 0.3) is 0 Å². The minimum atomic E-state index is -0.257. The highest BCUT2D eigenvalue weighted by atomic mass is 16.1. The molecule has 1 spiro atoms. The number of nitrogens with one attached hydrogen (secondary N) is 1. The normalized spacial score (nSPS) is 24.1. The average molecular weight is 308 g/mol. The molecule has 128 valence electrons. The van der Waals surface area contributed by atoms with Gasteiger partial charge in [-0.3, -0.25) is 4.79 Å². The van der Waals surface area contributed by atoms with Crippen LogP contribution in [-0.4, -0.2) is 17.4 Å². The smallest absolute Gasteiger partial charge is 0.155 e. The van der Waals surface area contributed by atoms with Crippen LogP contribution < -0.4 is 5.32 Å². The van der Waals surface area contributed by atoms with Crippen LogP contribution in [0, 0.1) is 16.7 Å². The molecule has 0 amide bonds. The van der Waals surface area contributed by atoms with Crippen molar-refractivity contribution in [1.29, 1.82) is 0 Å². The van der Waals surface area contributed by atoms with Crippen molar-refractivity contribution in [2.24, 2.45) is 16.7 Å². The maximum Gasteiger partial charge on any atom is 0.155 e. The van der Waals surface area contributed by atoms with Crippen LogP contribution in [0.15, 0.2) is 0 Å². The molecule has 2 aliphatic carbocycles. The van der Waals surface area contributed by atoms with E-state index in [4.69, 9.17) is 0 Å². The molecule has 1 N–H and O–H groups in total. The van der Waals surface area contributed by atoms with Crippen LogP contribution in [0.3, 0.4) is 0 Å². The highest BCUT2D eigenvalue weighted by molar-refractivity contribution is 5.88. The molecule has 0 aromatic rings. The van der Waals surface area contributed by atoms with E-state index in [9.17, 15) is 4.79 Å². The summed E-state index contributed by atoms with van der Waals surface area (Å²) in [5.41, 5.74) is 0.458. The second-order valence-corrected chi connectivity index (χ2v) is 10.1. The molecule has 2 rings (SSSR count). The summed E-state index contributed by atoms with van der Waals surface area (Å²) in [6.07, 6.45) is 10.9. The summed E-state index contributed by atoms with van der Waals surface area (Å²) in [6.45, 7) is 12.7. The Labute approximate surface area is 137 Å². The van der Waals surface area contributed by atoms with Gasteiger partial charge in [0.2, 0.25) is 0 Å². The number of hydrogen-bond donors (Lipinski definition) is 1. The fourth-order valence-corrected chi connectivity index (χ4v) is 4.31. The molecule has 2 nitrogen and oxygen atoms in total. The lowest BCUT2D eigenvalue weighted by atomic mass is 9.58. The van der Waals surface area contributed by atoms with Gasteiger partial charge in [0, 0.05) is 11.0 Å². The van der Waals surface area contributed by atoms with Crippen LogP contribution in [0.2, 0.25) is 0 Å². The predicted molar refractivity (Wildman–Crippen MR) is 94.0 cm³/mol. The highest BCUT2D eigenvalue weighted by Gasteiger charge is 2.41. The lowest BCUT2D eigenvalue weighted by Gasteiger charge is -2.47. The fourth-order valence-electron chi connectivity index (χ4n) is 4.31. The van der Waals surface area contributed by atoms with Crippen LogP contribution in [0.1, 0.15) is 92.9 Å². The molecule has 0 aromatic carbocycles. The zero-order chi connectivity index (χ0) is 16.6. The molecule has 1 unspecified atom stereocenters. The SMILES string of the molecule is CC(C)(C)NC(CC1CCC2(CCC2)CC1)C(=O)C(C)(C)C. The molecule has 0 saturated heterocycles. The standard InChI is InChI=1S/C20H37NO/c1-18(2,3)17(22)16(21-19(4,5)6)14-15-8-12-20(13-9-15)10-7-11-20/h15-16,21H,7-14H2,1-6H3. The zero-order valence-corrected chi connectivity index (χ0v) is 15.7. The molecule has 0 radical (unpaired) electrons. The average Bonchev–Trinajstić information content (AvgIpc) is 2.33. The lowest BCUT2D eigenvalue weighted by Crippen LogP contribution is -2.51. The van der Waals surface area contributed by atoms with Gasteiger partial charge < -0.3 is 5.32 Å². The van der Waals surface area contributed by atoms with Gasteiger partial charge in [-0.15, -0.1) is 0 Å². The quantitative estimate of drug-likeness (QED) is 0.782. The van der Waals surface area contributed by atoms with E-state index in [0.717, 1.165) is 17.8 Å². The predicted octanol–water partition coefficient (Wildman–Crippen LogP) is 5.11. The van der Waals surface area contributed by atoms with Crippen molar-refractivity contribution in [3.63, 3.8) is 0 Å². The largest absolute Gasteiger partial charge is 0.303 e. The topological polar surface area (TPSA) is 29.1 Å². The van der Waals surface area contributed by atoms with Crippen molar-refractivity contribution < 1.29 is 4.79 Å². The molecule has 0 aromatic heterocycles. The van der Waals surface area contributed by atoms with Crippen molar-refractivity contribution >= 4 is 5.78 Å². The van der Waals surface area contributed by atoms with E-state index in [0.29, 0.717) is 5.78 Å². The van der Waals surface area contributed by atoms with Gasteiger partial charge >= 0.3 is 0 Å². The first-order valence-electron chi connectivity index (χ1n) is 9.33. The number of hydrogen-bond acceptors (Lipinski definition) is 2. The molecular weight excluding hydrogens is 270 g/mol. The van der Waals surface area contributed by atoms with Gasteiger partial charge in [-0.2, -0.15) is 0 Å². The molecular formula is C20H37NO. The van der Waals surface area contributed by atoms with E-state index in [1.165, 1.54) is 44.9 Å². The Balaban J connectivity index is 1.96. The maximum atomic E-state index is 12.8. The van der Waals surface area contributed by atoms with Gasteiger partial charge in [-0.05, 0) is 77.0 Å². The Kier molecular flexibility index (Phi) is 5.12. The molecule has 0 bridgehead atoms. The van der Waals surface area contributed by atoms with E-state index in [1.54, 1.807) is 0 Å². The highest BCUT2D eigenvalue weighted by Crippen LogP contribution is 2.53. The van der Waals surface area contributed by atoms with Gasteiger partial charge in [0.15, 0.2) is 5.78 Å². The van der Waals surface area contributed by atoms with Gasteiger partial charge in [0.05, 0.1) is 6.04 Å². The third-order valence-electron chi connectivity index (χ3n) is 5.81. The van der Waals surface area contributed by atoms with Crippen LogP contribution >= 0.6 is 0 Å². The molecule has 22 heavy (non-hydrogen) atoms. The monoisotopic (exact) mass is 307 g/mol. The lowest BCUT2D eigenvalue weighted by molar-refractivity contribution is -0.129. The van der Waals surface area contributed by atoms with Crippen molar-refractivity contribution in [2.45, 2.75) is 104 Å². The van der Waals surface area contributed by atoms with E-state index in [2.05, 4.69) is 46.9 Å². The molecule has 0 aliphatic heterocycles. The summed E-state index contributed by atoms with van der Waals surface area (Å²) in [7, 11) is 0. The summed E-state index contributed by atoms with van der Waals surface area (Å²) in [6, 6.07) is 0.0143. The fraction of sp³-hybridized carbons (Fsp3) is 0.950. The van der Waals surface area contributed by atoms with Gasteiger partial charge in [0.1, 0.15) is 0 Å². The van der Waals surface area contributed by atoms with E-state index < -0.39 is 0 Å². The minimum Gasteiger partial charge on any atom is -0.303 e. The van der Waals surface area contributed by atoms with Crippen molar-refractivity contribution in [1.82, 2.24) is 5.32 Å². The van der Waals surface area contributed by atoms with E-state index >= 15 is 0 Å². The maximum absolute atomic E-state index is 12.8. The Bertz CT molecular complexity index is 385. The van der Waals surface area contributed by atoms with Crippen LogP contribution in [0.5, 0.6) is 0 Å². The minimum absolute atomic E-state index is 0.00453. The first kappa shape index (κ1) is 18.0.